The number of non-ortho nitro benzene ring substituents is 1. The number of nitro groups is 1. The minimum atomic E-state index is -0.989. The van der Waals surface area contributed by atoms with Gasteiger partial charge in [-0.25, -0.2) is 8.78 Å². The maximum Gasteiger partial charge on any atom is 0.275 e. The van der Waals surface area contributed by atoms with Crippen molar-refractivity contribution in [2.75, 3.05) is 18.1 Å². The van der Waals surface area contributed by atoms with Crippen LogP contribution < -0.4 is 4.90 Å². The van der Waals surface area contributed by atoms with Crippen molar-refractivity contribution >= 4 is 11.4 Å². The van der Waals surface area contributed by atoms with Crippen molar-refractivity contribution in [2.45, 2.75) is 32.7 Å². The average molecular weight is 288 g/mol. The van der Waals surface area contributed by atoms with Gasteiger partial charge in [-0.15, -0.1) is 0 Å². The third kappa shape index (κ3) is 3.41. The lowest BCUT2D eigenvalue weighted by atomic mass is 10.1. The van der Waals surface area contributed by atoms with Gasteiger partial charge in [0.1, 0.15) is 5.69 Å². The number of aliphatic hydroxyl groups excluding tert-OH is 1. The molecule has 0 aromatic heterocycles. The minimum Gasteiger partial charge on any atom is -0.395 e. The second-order valence-corrected chi connectivity index (χ2v) is 4.40. The summed E-state index contributed by atoms with van der Waals surface area (Å²) in [6.45, 7) is 3.56. The largest absolute Gasteiger partial charge is 0.395 e. The molecule has 0 unspecified atom stereocenters. The van der Waals surface area contributed by atoms with Crippen LogP contribution in [0.25, 0.3) is 0 Å². The van der Waals surface area contributed by atoms with E-state index in [4.69, 9.17) is 5.11 Å². The van der Waals surface area contributed by atoms with Crippen LogP contribution in [0.4, 0.5) is 20.2 Å². The Kier molecular flexibility index (Phi) is 5.82. The molecule has 0 radical (unpaired) electrons. The average Bonchev–Trinajstić information content (AvgIpc) is 2.39. The number of hydrogen-bond donors (Lipinski definition) is 1. The first-order valence-electron chi connectivity index (χ1n) is 6.47. The second-order valence-electron chi connectivity index (χ2n) is 4.40. The van der Waals surface area contributed by atoms with Crippen LogP contribution in [-0.2, 0) is 0 Å². The summed E-state index contributed by atoms with van der Waals surface area (Å²) in [5.74, 6) is -1.98. The zero-order valence-corrected chi connectivity index (χ0v) is 11.5. The Hall–Kier alpha value is -1.76. The molecule has 7 heteroatoms. The summed E-state index contributed by atoms with van der Waals surface area (Å²) in [5, 5.41) is 19.6. The summed E-state index contributed by atoms with van der Waals surface area (Å²) in [5.41, 5.74) is -0.949. The number of hydrogen-bond acceptors (Lipinski definition) is 4. The molecule has 0 heterocycles. The Bertz CT molecular complexity index is 456. The van der Waals surface area contributed by atoms with Gasteiger partial charge in [0.05, 0.1) is 23.7 Å². The number of benzene rings is 1. The highest BCUT2D eigenvalue weighted by molar-refractivity contribution is 5.54. The van der Waals surface area contributed by atoms with Gasteiger partial charge in [-0.2, -0.15) is 0 Å². The molecular weight excluding hydrogens is 270 g/mol. The summed E-state index contributed by atoms with van der Waals surface area (Å²) in [6, 6.07) is 1.25. The zero-order valence-electron chi connectivity index (χ0n) is 11.5. The van der Waals surface area contributed by atoms with Gasteiger partial charge >= 0.3 is 0 Å². The van der Waals surface area contributed by atoms with Crippen molar-refractivity contribution in [3.63, 3.8) is 0 Å². The topological polar surface area (TPSA) is 66.6 Å². The van der Waals surface area contributed by atoms with Gasteiger partial charge in [-0.05, 0) is 12.8 Å². The summed E-state index contributed by atoms with van der Waals surface area (Å²) in [4.78, 5) is 11.2. The fourth-order valence-corrected chi connectivity index (χ4v) is 2.25. The van der Waals surface area contributed by atoms with Crippen molar-refractivity contribution in [3.8, 4) is 0 Å². The van der Waals surface area contributed by atoms with E-state index in [1.165, 1.54) is 4.90 Å². The normalized spacial score (nSPS) is 10.9. The Labute approximate surface area is 116 Å². The van der Waals surface area contributed by atoms with E-state index in [1.807, 2.05) is 13.8 Å². The molecule has 0 saturated heterocycles. The number of anilines is 1. The summed E-state index contributed by atoms with van der Waals surface area (Å²) >= 11 is 0. The molecule has 1 aromatic carbocycles. The molecule has 1 aromatic rings. The molecule has 0 amide bonds. The first kappa shape index (κ1) is 16.3. The fraction of sp³-hybridized carbons (Fsp3) is 0.538. The fourth-order valence-electron chi connectivity index (χ4n) is 2.25. The van der Waals surface area contributed by atoms with E-state index in [0.717, 1.165) is 0 Å². The maximum atomic E-state index is 14.0. The van der Waals surface area contributed by atoms with Crippen molar-refractivity contribution in [3.05, 3.63) is 33.9 Å². The molecule has 0 spiro atoms. The highest BCUT2D eigenvalue weighted by Gasteiger charge is 2.25. The summed E-state index contributed by atoms with van der Waals surface area (Å²) < 4.78 is 28.0. The van der Waals surface area contributed by atoms with Gasteiger partial charge in [0.25, 0.3) is 5.69 Å². The lowest BCUT2D eigenvalue weighted by Crippen LogP contribution is -2.38. The number of aliphatic hydroxyl groups is 1. The van der Waals surface area contributed by atoms with E-state index in [2.05, 4.69) is 0 Å². The van der Waals surface area contributed by atoms with Crippen molar-refractivity contribution in [1.29, 1.82) is 0 Å². The molecule has 0 atom stereocenters. The molecular formula is C13H18F2N2O3. The third-order valence-electron chi connectivity index (χ3n) is 3.22. The molecule has 5 nitrogen and oxygen atoms in total. The quantitative estimate of drug-likeness (QED) is 0.619. The summed E-state index contributed by atoms with van der Waals surface area (Å²) in [6.07, 6.45) is 1.29. The monoisotopic (exact) mass is 288 g/mol. The van der Waals surface area contributed by atoms with E-state index in [1.54, 1.807) is 0 Å². The maximum absolute atomic E-state index is 14.0. The number of nitro benzene ring substituents is 1. The smallest absolute Gasteiger partial charge is 0.275 e. The van der Waals surface area contributed by atoms with Crippen LogP contribution in [0.3, 0.4) is 0 Å². The first-order valence-corrected chi connectivity index (χ1v) is 6.47. The molecule has 112 valence electrons. The van der Waals surface area contributed by atoms with Crippen LogP contribution in [0.1, 0.15) is 26.7 Å². The Morgan fingerprint density at radius 3 is 2.15 bits per heavy atom. The van der Waals surface area contributed by atoms with Crippen LogP contribution in [0.2, 0.25) is 0 Å². The van der Waals surface area contributed by atoms with Gasteiger partial charge in [0, 0.05) is 12.6 Å². The highest BCUT2D eigenvalue weighted by atomic mass is 19.1. The molecule has 0 fully saturated rings. The molecule has 0 aliphatic carbocycles. The molecule has 1 rings (SSSR count). The van der Waals surface area contributed by atoms with Gasteiger partial charge in [-0.3, -0.25) is 10.1 Å². The molecule has 0 aliphatic heterocycles. The summed E-state index contributed by atoms with van der Waals surface area (Å²) in [7, 11) is 0. The van der Waals surface area contributed by atoms with Crippen LogP contribution in [-0.4, -0.2) is 29.2 Å². The predicted molar refractivity (Wildman–Crippen MR) is 71.8 cm³/mol. The number of halogens is 2. The van der Waals surface area contributed by atoms with E-state index in [-0.39, 0.29) is 24.9 Å². The molecule has 0 bridgehead atoms. The van der Waals surface area contributed by atoms with Gasteiger partial charge in [0.2, 0.25) is 0 Å². The lowest BCUT2D eigenvalue weighted by molar-refractivity contribution is -0.385. The van der Waals surface area contributed by atoms with Crippen LogP contribution >= 0.6 is 0 Å². The van der Waals surface area contributed by atoms with E-state index in [0.29, 0.717) is 25.0 Å². The van der Waals surface area contributed by atoms with Gasteiger partial charge in [-0.1, -0.05) is 13.8 Å². The van der Waals surface area contributed by atoms with Crippen molar-refractivity contribution < 1.29 is 18.8 Å². The standard InChI is InChI=1S/C13H18F2N2O3/c1-3-9(4-2)16(5-6-18)13-11(14)7-10(17(19)20)8-12(13)15/h7-9,18H,3-6H2,1-2H3. The Balaban J connectivity index is 3.29. The van der Waals surface area contributed by atoms with Gasteiger partial charge in [0.15, 0.2) is 11.6 Å². The molecule has 0 aliphatic rings. The van der Waals surface area contributed by atoms with Crippen LogP contribution in [0.15, 0.2) is 12.1 Å². The SMILES string of the molecule is CCC(CC)N(CCO)c1c(F)cc([N+](=O)[O-])cc1F. The minimum absolute atomic E-state index is 0.0675. The van der Waals surface area contributed by atoms with Crippen molar-refractivity contribution in [2.24, 2.45) is 0 Å². The van der Waals surface area contributed by atoms with Crippen LogP contribution in [0, 0.1) is 21.7 Å². The number of rotatable bonds is 7. The second kappa shape index (κ2) is 7.14. The Morgan fingerprint density at radius 2 is 1.80 bits per heavy atom. The highest BCUT2D eigenvalue weighted by Crippen LogP contribution is 2.30. The van der Waals surface area contributed by atoms with E-state index < -0.39 is 22.2 Å². The molecule has 1 N–H and O–H groups in total. The van der Waals surface area contributed by atoms with Gasteiger partial charge < -0.3 is 10.0 Å². The van der Waals surface area contributed by atoms with Crippen molar-refractivity contribution in [1.82, 2.24) is 0 Å². The number of nitrogens with zero attached hydrogens (tertiary/aromatic N) is 2. The lowest BCUT2D eigenvalue weighted by Gasteiger charge is -2.32. The van der Waals surface area contributed by atoms with E-state index >= 15 is 0 Å². The molecule has 20 heavy (non-hydrogen) atoms. The van der Waals surface area contributed by atoms with Crippen LogP contribution in [0.5, 0.6) is 0 Å². The third-order valence-corrected chi connectivity index (χ3v) is 3.22. The van der Waals surface area contributed by atoms with E-state index in [9.17, 15) is 18.9 Å². The first-order chi connectivity index (χ1) is 9.46. The molecule has 0 saturated carbocycles. The predicted octanol–water partition coefficient (Wildman–Crippen LogP) is 2.86. The zero-order chi connectivity index (χ0) is 15.3. The Morgan fingerprint density at radius 1 is 1.30 bits per heavy atom.